The molecule has 0 radical (unpaired) electrons. The Kier molecular flexibility index (Phi) is 3.11. The summed E-state index contributed by atoms with van der Waals surface area (Å²) in [4.78, 5) is 0. The molecule has 0 aliphatic rings. The van der Waals surface area contributed by atoms with E-state index in [0.717, 1.165) is 22.1 Å². The Morgan fingerprint density at radius 2 is 2.00 bits per heavy atom. The van der Waals surface area contributed by atoms with Crippen molar-refractivity contribution in [3.8, 4) is 11.8 Å². The minimum atomic E-state index is 0.666. The maximum Gasteiger partial charge on any atom is 0.126 e. The van der Waals surface area contributed by atoms with Gasteiger partial charge < -0.3 is 4.74 Å². The van der Waals surface area contributed by atoms with E-state index in [1.807, 2.05) is 42.5 Å². The van der Waals surface area contributed by atoms with Gasteiger partial charge >= 0.3 is 0 Å². The van der Waals surface area contributed by atoms with Crippen molar-refractivity contribution in [2.24, 2.45) is 0 Å². The fourth-order valence-electron chi connectivity index (χ4n) is 1.85. The van der Waals surface area contributed by atoms with Crippen molar-refractivity contribution >= 4 is 16.8 Å². The zero-order valence-electron chi connectivity index (χ0n) is 9.90. The third-order valence-electron chi connectivity index (χ3n) is 2.69. The average Bonchev–Trinajstić information content (AvgIpc) is 2.39. The summed E-state index contributed by atoms with van der Waals surface area (Å²) < 4.78 is 5.34. The highest BCUT2D eigenvalue weighted by Crippen LogP contribution is 2.29. The number of nitriles is 1. The Morgan fingerprint density at radius 1 is 1.24 bits per heavy atom. The summed E-state index contributed by atoms with van der Waals surface area (Å²) in [5, 5.41) is 11.1. The average molecular weight is 223 g/mol. The molecule has 0 aromatic heterocycles. The molecule has 0 spiro atoms. The number of fused-ring (bicyclic) bond motifs is 1. The van der Waals surface area contributed by atoms with Gasteiger partial charge in [0.15, 0.2) is 0 Å². The molecule has 0 N–H and O–H groups in total. The lowest BCUT2D eigenvalue weighted by Crippen LogP contribution is -1.89. The fourth-order valence-corrected chi connectivity index (χ4v) is 1.85. The molecule has 0 aliphatic carbocycles. The minimum absolute atomic E-state index is 0.666. The van der Waals surface area contributed by atoms with Gasteiger partial charge in [0.25, 0.3) is 0 Å². The first-order valence-electron chi connectivity index (χ1n) is 5.40. The predicted molar refractivity (Wildman–Crippen MR) is 69.8 cm³/mol. The van der Waals surface area contributed by atoms with Gasteiger partial charge in [0.05, 0.1) is 13.2 Å². The van der Waals surface area contributed by atoms with Crippen LogP contribution in [-0.4, -0.2) is 7.11 Å². The van der Waals surface area contributed by atoms with E-state index >= 15 is 0 Å². The van der Waals surface area contributed by atoms with E-state index in [9.17, 15) is 0 Å². The quantitative estimate of drug-likeness (QED) is 0.726. The Morgan fingerprint density at radius 3 is 2.71 bits per heavy atom. The van der Waals surface area contributed by atoms with Crippen molar-refractivity contribution in [3.63, 3.8) is 0 Å². The second-order valence-corrected chi connectivity index (χ2v) is 3.84. The third kappa shape index (κ3) is 2.14. The molecule has 0 saturated heterocycles. The largest absolute Gasteiger partial charge is 0.496 e. The topological polar surface area (TPSA) is 33.0 Å². The van der Waals surface area contributed by atoms with E-state index in [0.29, 0.717) is 5.57 Å². The Hall–Kier alpha value is -2.27. The zero-order chi connectivity index (χ0) is 12.3. The van der Waals surface area contributed by atoms with E-state index < -0.39 is 0 Å². The summed E-state index contributed by atoms with van der Waals surface area (Å²) in [7, 11) is 1.64. The highest BCUT2D eigenvalue weighted by Gasteiger charge is 2.05. The van der Waals surface area contributed by atoms with E-state index in [1.54, 1.807) is 14.0 Å². The van der Waals surface area contributed by atoms with Crippen LogP contribution in [0.1, 0.15) is 12.5 Å². The van der Waals surface area contributed by atoms with Crippen LogP contribution >= 0.6 is 0 Å². The van der Waals surface area contributed by atoms with Crippen LogP contribution in [0.5, 0.6) is 5.75 Å². The van der Waals surface area contributed by atoms with E-state index in [1.165, 1.54) is 0 Å². The summed E-state index contributed by atoms with van der Waals surface area (Å²) in [6, 6.07) is 14.2. The molecular formula is C15H13NO. The molecule has 0 unspecified atom stereocenters. The number of nitrogens with zero attached hydrogens (tertiary/aromatic N) is 1. The number of benzene rings is 2. The summed E-state index contributed by atoms with van der Waals surface area (Å²) in [5.41, 5.74) is 1.63. The molecule has 0 heterocycles. The van der Waals surface area contributed by atoms with Crippen molar-refractivity contribution in [1.29, 1.82) is 5.26 Å². The molecule has 2 nitrogen and oxygen atoms in total. The van der Waals surface area contributed by atoms with Crippen molar-refractivity contribution in [3.05, 3.63) is 47.5 Å². The lowest BCUT2D eigenvalue weighted by Gasteiger charge is -2.08. The Labute approximate surface area is 101 Å². The van der Waals surface area contributed by atoms with Crippen LogP contribution < -0.4 is 4.74 Å². The zero-order valence-corrected chi connectivity index (χ0v) is 9.90. The maximum absolute atomic E-state index is 8.87. The highest BCUT2D eigenvalue weighted by atomic mass is 16.5. The first kappa shape index (κ1) is 11.2. The molecule has 84 valence electrons. The predicted octanol–water partition coefficient (Wildman–Crippen LogP) is 3.78. The monoisotopic (exact) mass is 223 g/mol. The molecule has 17 heavy (non-hydrogen) atoms. The second kappa shape index (κ2) is 4.71. The lowest BCUT2D eigenvalue weighted by atomic mass is 10.0. The number of methoxy groups -OCH3 is 1. The van der Waals surface area contributed by atoms with Gasteiger partial charge in [-0.3, -0.25) is 0 Å². The van der Waals surface area contributed by atoms with Gasteiger partial charge in [0.2, 0.25) is 0 Å². The van der Waals surface area contributed by atoms with Gasteiger partial charge in [-0.2, -0.15) is 5.26 Å². The van der Waals surface area contributed by atoms with E-state index in [-0.39, 0.29) is 0 Å². The van der Waals surface area contributed by atoms with Crippen LogP contribution in [0.15, 0.2) is 42.0 Å². The second-order valence-electron chi connectivity index (χ2n) is 3.84. The Balaban J connectivity index is 2.77. The first-order chi connectivity index (χ1) is 8.26. The minimum Gasteiger partial charge on any atom is -0.496 e. The third-order valence-corrected chi connectivity index (χ3v) is 2.69. The molecule has 2 rings (SSSR count). The molecule has 0 bridgehead atoms. The number of allylic oxidation sites excluding steroid dienone is 1. The van der Waals surface area contributed by atoms with Gasteiger partial charge in [-0.15, -0.1) is 0 Å². The van der Waals surface area contributed by atoms with Crippen LogP contribution in [0.25, 0.3) is 16.8 Å². The van der Waals surface area contributed by atoms with Crippen molar-refractivity contribution in [2.45, 2.75) is 6.92 Å². The highest BCUT2D eigenvalue weighted by molar-refractivity contribution is 5.93. The van der Waals surface area contributed by atoms with Gasteiger partial charge in [0, 0.05) is 11.1 Å². The molecule has 0 fully saturated rings. The van der Waals surface area contributed by atoms with Gasteiger partial charge in [-0.25, -0.2) is 0 Å². The van der Waals surface area contributed by atoms with E-state index in [4.69, 9.17) is 10.00 Å². The van der Waals surface area contributed by atoms with Crippen LogP contribution in [0.2, 0.25) is 0 Å². The molecule has 2 aromatic carbocycles. The van der Waals surface area contributed by atoms with Crippen LogP contribution in [0, 0.1) is 11.3 Å². The molecule has 0 aliphatic heterocycles. The molecule has 2 aromatic rings. The molecule has 0 amide bonds. The maximum atomic E-state index is 8.87. The summed E-state index contributed by atoms with van der Waals surface area (Å²) in [5.74, 6) is 0.790. The number of hydrogen-bond donors (Lipinski definition) is 0. The van der Waals surface area contributed by atoms with Crippen molar-refractivity contribution in [2.75, 3.05) is 7.11 Å². The van der Waals surface area contributed by atoms with Crippen molar-refractivity contribution in [1.82, 2.24) is 0 Å². The lowest BCUT2D eigenvalue weighted by molar-refractivity contribution is 0.414. The SMILES string of the molecule is COc1ccc2ccccc2c1/C=C(/C)C#N. The Bertz CT molecular complexity index is 620. The van der Waals surface area contributed by atoms with Crippen molar-refractivity contribution < 1.29 is 4.74 Å². The van der Waals surface area contributed by atoms with Gasteiger partial charge in [-0.1, -0.05) is 30.3 Å². The molecular weight excluding hydrogens is 210 g/mol. The molecule has 2 heteroatoms. The van der Waals surface area contributed by atoms with Gasteiger partial charge in [-0.05, 0) is 29.8 Å². The van der Waals surface area contributed by atoms with Crippen LogP contribution in [0.4, 0.5) is 0 Å². The number of hydrogen-bond acceptors (Lipinski definition) is 2. The number of rotatable bonds is 2. The standard InChI is InChI=1S/C15H13NO/c1-11(10-16)9-14-13-6-4-3-5-12(13)7-8-15(14)17-2/h3-9H,1-2H3/b11-9-. The molecule has 0 saturated carbocycles. The van der Waals surface area contributed by atoms with Crippen LogP contribution in [0.3, 0.4) is 0 Å². The normalized spacial score (nSPS) is 11.2. The smallest absolute Gasteiger partial charge is 0.126 e. The first-order valence-corrected chi connectivity index (χ1v) is 5.40. The summed E-state index contributed by atoms with van der Waals surface area (Å²) in [6.07, 6.45) is 1.86. The molecule has 0 atom stereocenters. The van der Waals surface area contributed by atoms with E-state index in [2.05, 4.69) is 6.07 Å². The summed E-state index contributed by atoms with van der Waals surface area (Å²) >= 11 is 0. The number of ether oxygens (including phenoxy) is 1. The van der Waals surface area contributed by atoms with Crippen LogP contribution in [-0.2, 0) is 0 Å². The van der Waals surface area contributed by atoms with Gasteiger partial charge in [0.1, 0.15) is 5.75 Å². The fraction of sp³-hybridized carbons (Fsp3) is 0.133. The summed E-state index contributed by atoms with van der Waals surface area (Å²) in [6.45, 7) is 1.79.